The normalized spacial score (nSPS) is 25.1. The Morgan fingerprint density at radius 1 is 0.774 bits per heavy atom. The molecular weight excluding hydrogens is 412 g/mol. The van der Waals surface area contributed by atoms with Crippen LogP contribution >= 0.6 is 0 Å². The number of carbonyl (C=O) groups is 4. The summed E-state index contributed by atoms with van der Waals surface area (Å²) in [6.07, 6.45) is -6.05. The maximum Gasteiger partial charge on any atom is 0.303 e. The Balaban J connectivity index is 2.43. The highest BCUT2D eigenvalue weighted by molar-refractivity contribution is 5.68. The summed E-state index contributed by atoms with van der Waals surface area (Å²) in [6.45, 7) is 6.27. The molecule has 5 atom stereocenters. The summed E-state index contributed by atoms with van der Waals surface area (Å²) in [5.74, 6) is -2.29. The van der Waals surface area contributed by atoms with Gasteiger partial charge in [-0.15, -0.1) is 0 Å². The quantitative estimate of drug-likeness (QED) is 0.456. The van der Waals surface area contributed by atoms with Crippen LogP contribution in [0.3, 0.4) is 0 Å². The molecule has 10 heteroatoms. The fourth-order valence-corrected chi connectivity index (χ4v) is 3.03. The van der Waals surface area contributed by atoms with Crippen LogP contribution in [-0.4, -0.2) is 61.2 Å². The van der Waals surface area contributed by atoms with E-state index in [0.717, 1.165) is 19.4 Å². The summed E-state index contributed by atoms with van der Waals surface area (Å²) in [5, 5.41) is 0. The Bertz CT molecular complexity index is 803. The van der Waals surface area contributed by atoms with Gasteiger partial charge in [-0.05, 0) is 19.1 Å². The first-order chi connectivity index (χ1) is 14.6. The van der Waals surface area contributed by atoms with Crippen LogP contribution in [0.25, 0.3) is 0 Å². The summed E-state index contributed by atoms with van der Waals surface area (Å²) < 4.78 is 32.7. The van der Waals surface area contributed by atoms with Crippen molar-refractivity contribution in [1.29, 1.82) is 0 Å². The van der Waals surface area contributed by atoms with E-state index in [0.29, 0.717) is 5.75 Å². The van der Waals surface area contributed by atoms with Gasteiger partial charge in [-0.3, -0.25) is 19.2 Å². The zero-order valence-corrected chi connectivity index (χ0v) is 18.0. The van der Waals surface area contributed by atoms with Crippen molar-refractivity contribution in [1.82, 2.24) is 0 Å². The van der Waals surface area contributed by atoms with Crippen molar-refractivity contribution in [3.63, 3.8) is 0 Å². The van der Waals surface area contributed by atoms with E-state index in [4.69, 9.17) is 28.4 Å². The molecule has 0 spiro atoms. The van der Waals surface area contributed by atoms with Gasteiger partial charge in [-0.1, -0.05) is 17.7 Å². The summed E-state index contributed by atoms with van der Waals surface area (Å²) in [7, 11) is 0. The van der Waals surface area contributed by atoms with Crippen molar-refractivity contribution in [2.75, 3.05) is 6.61 Å². The molecule has 1 aliphatic heterocycles. The number of aryl methyl sites for hydroxylation is 1. The first kappa shape index (κ1) is 24.1. The number of ether oxygens (including phenoxy) is 6. The molecule has 1 aliphatic rings. The molecule has 2 rings (SSSR count). The maximum atomic E-state index is 11.8. The number of esters is 4. The van der Waals surface area contributed by atoms with Crippen LogP contribution in [0.2, 0.25) is 0 Å². The van der Waals surface area contributed by atoms with Crippen molar-refractivity contribution in [3.8, 4) is 5.75 Å². The number of hydrogen-bond donors (Lipinski definition) is 0. The predicted molar refractivity (Wildman–Crippen MR) is 104 cm³/mol. The minimum atomic E-state index is -1.27. The first-order valence-electron chi connectivity index (χ1n) is 9.60. The lowest BCUT2D eigenvalue weighted by atomic mass is 9.98. The van der Waals surface area contributed by atoms with Gasteiger partial charge >= 0.3 is 23.9 Å². The van der Waals surface area contributed by atoms with Crippen LogP contribution in [0.5, 0.6) is 5.75 Å². The summed E-state index contributed by atoms with van der Waals surface area (Å²) >= 11 is 0. The summed E-state index contributed by atoms with van der Waals surface area (Å²) in [5.41, 5.74) is 0.994. The predicted octanol–water partition coefficient (Wildman–Crippen LogP) is 1.46. The third kappa shape index (κ3) is 7.25. The second-order valence-electron chi connectivity index (χ2n) is 7.00. The van der Waals surface area contributed by atoms with Crippen molar-refractivity contribution in [2.45, 2.75) is 65.3 Å². The van der Waals surface area contributed by atoms with E-state index in [1.807, 2.05) is 6.92 Å². The molecule has 0 radical (unpaired) electrons. The van der Waals surface area contributed by atoms with Gasteiger partial charge in [0.05, 0.1) is 0 Å². The van der Waals surface area contributed by atoms with Crippen LogP contribution in [-0.2, 0) is 42.9 Å². The Labute approximate surface area is 179 Å². The molecule has 0 aliphatic carbocycles. The van der Waals surface area contributed by atoms with Crippen molar-refractivity contribution in [2.24, 2.45) is 0 Å². The van der Waals surface area contributed by atoms with E-state index in [-0.39, 0.29) is 6.61 Å². The third-order valence-electron chi connectivity index (χ3n) is 4.22. The van der Waals surface area contributed by atoms with Crippen LogP contribution in [0, 0.1) is 6.92 Å². The molecule has 0 bridgehead atoms. The van der Waals surface area contributed by atoms with Gasteiger partial charge in [0.15, 0.2) is 12.2 Å². The van der Waals surface area contributed by atoms with E-state index in [9.17, 15) is 19.2 Å². The molecule has 0 N–H and O–H groups in total. The summed E-state index contributed by atoms with van der Waals surface area (Å²) in [4.78, 5) is 46.6. The standard InChI is InChI=1S/C21H26O10/c1-11-6-8-16(9-7-11)30-21-20(29-15(5)25)19(28-14(4)24)18(27-13(3)23)17(31-21)10-26-12(2)22/h6-9,17-21H,10H2,1-5H3/t17?,18-,19-,20?,21-/m0/s1. The fourth-order valence-electron chi connectivity index (χ4n) is 3.03. The zero-order valence-electron chi connectivity index (χ0n) is 18.0. The molecule has 1 saturated heterocycles. The highest BCUT2D eigenvalue weighted by atomic mass is 16.7. The molecule has 1 heterocycles. The van der Waals surface area contributed by atoms with E-state index >= 15 is 0 Å². The molecule has 0 aromatic heterocycles. The lowest BCUT2D eigenvalue weighted by Gasteiger charge is -2.43. The van der Waals surface area contributed by atoms with Crippen LogP contribution in [0.4, 0.5) is 0 Å². The van der Waals surface area contributed by atoms with E-state index in [1.165, 1.54) is 13.8 Å². The Morgan fingerprint density at radius 2 is 1.29 bits per heavy atom. The molecule has 2 unspecified atom stereocenters. The Kier molecular flexibility index (Phi) is 8.38. The van der Waals surface area contributed by atoms with Gasteiger partial charge in [0.2, 0.25) is 12.4 Å². The number of rotatable bonds is 7. The topological polar surface area (TPSA) is 124 Å². The molecule has 170 valence electrons. The molecule has 1 aromatic rings. The Hall–Kier alpha value is -3.14. The monoisotopic (exact) mass is 438 g/mol. The second kappa shape index (κ2) is 10.8. The van der Waals surface area contributed by atoms with Gasteiger partial charge in [-0.25, -0.2) is 0 Å². The third-order valence-corrected chi connectivity index (χ3v) is 4.22. The largest absolute Gasteiger partial charge is 0.463 e. The van der Waals surface area contributed by atoms with Crippen molar-refractivity contribution >= 4 is 23.9 Å². The number of carbonyl (C=O) groups excluding carboxylic acids is 4. The van der Waals surface area contributed by atoms with E-state index < -0.39 is 54.6 Å². The van der Waals surface area contributed by atoms with Crippen LogP contribution < -0.4 is 4.74 Å². The lowest BCUT2D eigenvalue weighted by Crippen LogP contribution is -2.63. The Morgan fingerprint density at radius 3 is 1.81 bits per heavy atom. The molecule has 1 aromatic carbocycles. The minimum absolute atomic E-state index is 0.314. The highest BCUT2D eigenvalue weighted by Crippen LogP contribution is 2.31. The average Bonchev–Trinajstić information content (AvgIpc) is 2.65. The number of benzene rings is 1. The van der Waals surface area contributed by atoms with E-state index in [1.54, 1.807) is 24.3 Å². The fraction of sp³-hybridized carbons (Fsp3) is 0.524. The molecule has 31 heavy (non-hydrogen) atoms. The molecule has 10 nitrogen and oxygen atoms in total. The molecule has 1 fully saturated rings. The smallest absolute Gasteiger partial charge is 0.303 e. The van der Waals surface area contributed by atoms with Crippen LogP contribution in [0.15, 0.2) is 24.3 Å². The molecular formula is C21H26O10. The van der Waals surface area contributed by atoms with E-state index in [2.05, 4.69) is 0 Å². The van der Waals surface area contributed by atoms with Crippen molar-refractivity contribution < 1.29 is 47.6 Å². The zero-order chi connectivity index (χ0) is 23.1. The van der Waals surface area contributed by atoms with Gasteiger partial charge in [0.1, 0.15) is 18.5 Å². The SMILES string of the molecule is CC(=O)OCC1O[C@H](Oc2ccc(C)cc2)C(OC(C)=O)[C@@H](OC(C)=O)[C@H]1OC(C)=O. The minimum Gasteiger partial charge on any atom is -0.463 e. The maximum absolute atomic E-state index is 11.8. The van der Waals surface area contributed by atoms with Gasteiger partial charge < -0.3 is 28.4 Å². The lowest BCUT2D eigenvalue weighted by molar-refractivity contribution is -0.288. The summed E-state index contributed by atoms with van der Waals surface area (Å²) in [6, 6.07) is 6.98. The average molecular weight is 438 g/mol. The van der Waals surface area contributed by atoms with Gasteiger partial charge in [0.25, 0.3) is 0 Å². The first-order valence-corrected chi connectivity index (χ1v) is 9.60. The number of hydrogen-bond acceptors (Lipinski definition) is 10. The van der Waals surface area contributed by atoms with Crippen molar-refractivity contribution in [3.05, 3.63) is 29.8 Å². The molecule has 0 amide bonds. The van der Waals surface area contributed by atoms with Crippen LogP contribution in [0.1, 0.15) is 33.3 Å². The highest BCUT2D eigenvalue weighted by Gasteiger charge is 2.53. The van der Waals surface area contributed by atoms with Gasteiger partial charge in [0, 0.05) is 27.7 Å². The molecule has 0 saturated carbocycles. The van der Waals surface area contributed by atoms with Gasteiger partial charge in [-0.2, -0.15) is 0 Å². The second-order valence-corrected chi connectivity index (χ2v) is 7.00.